The molecule has 1 aromatic carbocycles. The quantitative estimate of drug-likeness (QED) is 0.845. The number of hydrogen-bond acceptors (Lipinski definition) is 2. The third-order valence-electron chi connectivity index (χ3n) is 2.15. The maximum absolute atomic E-state index is 11.4. The molecule has 0 saturated heterocycles. The van der Waals surface area contributed by atoms with Gasteiger partial charge in [0.2, 0.25) is 5.91 Å². The van der Waals surface area contributed by atoms with E-state index >= 15 is 0 Å². The first-order chi connectivity index (χ1) is 8.49. The van der Waals surface area contributed by atoms with E-state index in [0.29, 0.717) is 28.6 Å². The summed E-state index contributed by atoms with van der Waals surface area (Å²) in [5.41, 5.74) is 0.711. The fraction of sp³-hybridized carbons (Fsp3) is 0.231. The highest BCUT2D eigenvalue weighted by atomic mass is 35.5. The number of ketones is 1. The van der Waals surface area contributed by atoms with E-state index in [4.69, 9.17) is 23.2 Å². The van der Waals surface area contributed by atoms with Crippen molar-refractivity contribution < 1.29 is 9.59 Å². The number of hydrogen-bond donors (Lipinski definition) is 1. The van der Waals surface area contributed by atoms with E-state index < -0.39 is 0 Å². The third kappa shape index (κ3) is 5.34. The number of carbonyl (C=O) groups is 2. The van der Waals surface area contributed by atoms with Crippen LogP contribution in [0.1, 0.15) is 18.9 Å². The summed E-state index contributed by atoms with van der Waals surface area (Å²) < 4.78 is 0. The van der Waals surface area contributed by atoms with Crippen LogP contribution in [0, 0.1) is 0 Å². The van der Waals surface area contributed by atoms with Gasteiger partial charge in [-0.15, -0.1) is 0 Å². The second kappa shape index (κ2) is 7.19. The van der Waals surface area contributed by atoms with E-state index in [9.17, 15) is 9.59 Å². The summed E-state index contributed by atoms with van der Waals surface area (Å²) in [6.45, 7) is 1.82. The number of halogens is 2. The molecular weight excluding hydrogens is 273 g/mol. The van der Waals surface area contributed by atoms with Crippen LogP contribution < -0.4 is 5.32 Å². The van der Waals surface area contributed by atoms with E-state index in [-0.39, 0.29) is 11.7 Å². The number of rotatable bonds is 5. The number of benzene rings is 1. The molecule has 0 fully saturated rings. The predicted molar refractivity (Wildman–Crippen MR) is 73.8 cm³/mol. The van der Waals surface area contributed by atoms with Gasteiger partial charge in [0.25, 0.3) is 0 Å². The Bertz CT molecular complexity index is 484. The lowest BCUT2D eigenvalue weighted by Crippen LogP contribution is -2.23. The van der Waals surface area contributed by atoms with Crippen LogP contribution in [0.5, 0.6) is 0 Å². The number of Topliss-reactive ketones (excluding diaryl/α,β-unsaturated/α-hetero) is 1. The minimum atomic E-state index is -0.262. The van der Waals surface area contributed by atoms with E-state index in [1.807, 2.05) is 0 Å². The molecule has 0 aromatic heterocycles. The van der Waals surface area contributed by atoms with Crippen molar-refractivity contribution in [2.75, 3.05) is 6.54 Å². The Labute approximate surface area is 116 Å². The number of carbonyl (C=O) groups excluding carboxylic acids is 2. The molecule has 18 heavy (non-hydrogen) atoms. The largest absolute Gasteiger partial charge is 0.352 e. The van der Waals surface area contributed by atoms with Crippen LogP contribution in [0.15, 0.2) is 24.3 Å². The van der Waals surface area contributed by atoms with Gasteiger partial charge in [0.05, 0.1) is 0 Å². The molecule has 0 aliphatic rings. The SMILES string of the molecule is CC(=O)CCNC(=O)/C=C/c1ccc(Cl)cc1Cl. The molecule has 0 spiro atoms. The smallest absolute Gasteiger partial charge is 0.244 e. The van der Waals surface area contributed by atoms with Gasteiger partial charge in [-0.1, -0.05) is 29.3 Å². The molecular formula is C13H13Cl2NO2. The predicted octanol–water partition coefficient (Wildman–Crippen LogP) is 3.10. The van der Waals surface area contributed by atoms with Crippen molar-refractivity contribution in [3.63, 3.8) is 0 Å². The van der Waals surface area contributed by atoms with Gasteiger partial charge >= 0.3 is 0 Å². The molecule has 3 nitrogen and oxygen atoms in total. The van der Waals surface area contributed by atoms with Crippen LogP contribution in [0.2, 0.25) is 10.0 Å². The molecule has 0 aliphatic heterocycles. The van der Waals surface area contributed by atoms with Crippen molar-refractivity contribution in [2.45, 2.75) is 13.3 Å². The van der Waals surface area contributed by atoms with E-state index in [2.05, 4.69) is 5.32 Å². The lowest BCUT2D eigenvalue weighted by Gasteiger charge is -2.00. The van der Waals surface area contributed by atoms with Gasteiger partial charge < -0.3 is 5.32 Å². The molecule has 1 amide bonds. The van der Waals surface area contributed by atoms with Gasteiger partial charge in [0.15, 0.2) is 0 Å². The van der Waals surface area contributed by atoms with Gasteiger partial charge in [-0.3, -0.25) is 9.59 Å². The lowest BCUT2D eigenvalue weighted by molar-refractivity contribution is -0.117. The molecule has 1 aromatic rings. The monoisotopic (exact) mass is 285 g/mol. The van der Waals surface area contributed by atoms with Gasteiger partial charge in [0, 0.05) is 29.1 Å². The van der Waals surface area contributed by atoms with E-state index in [1.165, 1.54) is 13.0 Å². The third-order valence-corrected chi connectivity index (χ3v) is 2.72. The first-order valence-corrected chi connectivity index (χ1v) is 6.15. The minimum absolute atomic E-state index is 0.0417. The topological polar surface area (TPSA) is 46.2 Å². The molecule has 0 saturated carbocycles. The Kier molecular flexibility index (Phi) is 5.89. The van der Waals surface area contributed by atoms with Crippen molar-refractivity contribution in [2.24, 2.45) is 0 Å². The zero-order valence-corrected chi connectivity index (χ0v) is 11.4. The molecule has 96 valence electrons. The maximum Gasteiger partial charge on any atom is 0.244 e. The summed E-state index contributed by atoms with van der Waals surface area (Å²) in [5.74, 6) is -0.220. The van der Waals surface area contributed by atoms with Crippen LogP contribution in [-0.2, 0) is 9.59 Å². The van der Waals surface area contributed by atoms with E-state index in [1.54, 1.807) is 24.3 Å². The normalized spacial score (nSPS) is 10.6. The highest BCUT2D eigenvalue weighted by Crippen LogP contribution is 2.21. The molecule has 0 bridgehead atoms. The molecule has 5 heteroatoms. The van der Waals surface area contributed by atoms with Crippen LogP contribution in [0.25, 0.3) is 6.08 Å². The summed E-state index contributed by atoms with van der Waals surface area (Å²) in [6.07, 6.45) is 3.30. The van der Waals surface area contributed by atoms with Crippen molar-refractivity contribution in [1.82, 2.24) is 5.32 Å². The van der Waals surface area contributed by atoms with Crippen LogP contribution >= 0.6 is 23.2 Å². The Hall–Kier alpha value is -1.32. The Morgan fingerprint density at radius 2 is 2.06 bits per heavy atom. The Balaban J connectivity index is 2.53. The fourth-order valence-electron chi connectivity index (χ4n) is 1.22. The Morgan fingerprint density at radius 1 is 1.33 bits per heavy atom. The molecule has 1 rings (SSSR count). The summed E-state index contributed by atoms with van der Waals surface area (Å²) in [4.78, 5) is 22.1. The summed E-state index contributed by atoms with van der Waals surface area (Å²) in [6, 6.07) is 5.03. The molecule has 0 atom stereocenters. The fourth-order valence-corrected chi connectivity index (χ4v) is 1.69. The van der Waals surface area contributed by atoms with Crippen LogP contribution in [-0.4, -0.2) is 18.2 Å². The van der Waals surface area contributed by atoms with Crippen molar-refractivity contribution in [3.8, 4) is 0 Å². The number of nitrogens with one attached hydrogen (secondary N) is 1. The first-order valence-electron chi connectivity index (χ1n) is 5.39. The molecule has 0 radical (unpaired) electrons. The highest BCUT2D eigenvalue weighted by molar-refractivity contribution is 6.35. The van der Waals surface area contributed by atoms with Crippen molar-refractivity contribution in [3.05, 3.63) is 39.9 Å². The maximum atomic E-state index is 11.4. The minimum Gasteiger partial charge on any atom is -0.352 e. The lowest BCUT2D eigenvalue weighted by atomic mass is 10.2. The second-order valence-electron chi connectivity index (χ2n) is 3.74. The van der Waals surface area contributed by atoms with Gasteiger partial charge in [-0.2, -0.15) is 0 Å². The standard InChI is InChI=1S/C13H13Cl2NO2/c1-9(17)6-7-16-13(18)5-3-10-2-4-11(14)8-12(10)15/h2-5,8H,6-7H2,1H3,(H,16,18)/b5-3+. The summed E-state index contributed by atoms with van der Waals surface area (Å²) >= 11 is 11.7. The molecule has 0 aliphatic carbocycles. The first kappa shape index (κ1) is 14.7. The zero-order valence-electron chi connectivity index (χ0n) is 9.87. The van der Waals surface area contributed by atoms with Crippen molar-refractivity contribution in [1.29, 1.82) is 0 Å². The molecule has 1 N–H and O–H groups in total. The van der Waals surface area contributed by atoms with Crippen LogP contribution in [0.3, 0.4) is 0 Å². The van der Waals surface area contributed by atoms with Crippen LogP contribution in [0.4, 0.5) is 0 Å². The molecule has 0 unspecified atom stereocenters. The van der Waals surface area contributed by atoms with Crippen molar-refractivity contribution >= 4 is 41.0 Å². The van der Waals surface area contributed by atoms with Gasteiger partial charge in [-0.05, 0) is 30.7 Å². The number of amides is 1. The summed E-state index contributed by atoms with van der Waals surface area (Å²) in [7, 11) is 0. The van der Waals surface area contributed by atoms with E-state index in [0.717, 1.165) is 0 Å². The van der Waals surface area contributed by atoms with Gasteiger partial charge in [0.1, 0.15) is 5.78 Å². The Morgan fingerprint density at radius 3 is 2.67 bits per heavy atom. The average Bonchev–Trinajstić information content (AvgIpc) is 2.27. The highest BCUT2D eigenvalue weighted by Gasteiger charge is 2.00. The summed E-state index contributed by atoms with van der Waals surface area (Å²) in [5, 5.41) is 3.63. The average molecular weight is 286 g/mol. The zero-order chi connectivity index (χ0) is 13.5. The second-order valence-corrected chi connectivity index (χ2v) is 4.59. The van der Waals surface area contributed by atoms with Gasteiger partial charge in [-0.25, -0.2) is 0 Å². The molecule has 0 heterocycles.